The van der Waals surface area contributed by atoms with Crippen molar-refractivity contribution < 1.29 is 19.1 Å². The number of morpholine rings is 1. The second kappa shape index (κ2) is 13.5. The Bertz CT molecular complexity index is 1220. The van der Waals surface area contributed by atoms with Crippen molar-refractivity contribution in [2.24, 2.45) is 5.92 Å². The number of hydrogen-bond donors (Lipinski definition) is 2. The van der Waals surface area contributed by atoms with Gasteiger partial charge in [0.1, 0.15) is 0 Å². The fourth-order valence-corrected chi connectivity index (χ4v) is 5.98. The molecule has 3 heterocycles. The molecule has 0 radical (unpaired) electrons. The van der Waals surface area contributed by atoms with Crippen LogP contribution in [-0.2, 0) is 28.9 Å². The molecule has 1 saturated heterocycles. The molecule has 0 saturated carbocycles. The number of aryl methyl sites for hydroxylation is 1. The van der Waals surface area contributed by atoms with Gasteiger partial charge in [-0.05, 0) is 68.7 Å². The molecule has 2 N–H and O–H groups in total. The van der Waals surface area contributed by atoms with E-state index in [1.54, 1.807) is 0 Å². The zero-order valence-corrected chi connectivity index (χ0v) is 24.5. The van der Waals surface area contributed by atoms with Crippen LogP contribution in [-0.4, -0.2) is 84.4 Å². The Hall–Kier alpha value is -3.40. The highest BCUT2D eigenvalue weighted by Crippen LogP contribution is 2.26. The molecule has 1 aromatic carbocycles. The number of fused-ring (bicyclic) bond motifs is 1. The van der Waals surface area contributed by atoms with Crippen molar-refractivity contribution in [1.82, 2.24) is 25.3 Å². The number of anilines is 1. The number of ether oxygens (including phenoxy) is 1. The first-order valence-corrected chi connectivity index (χ1v) is 15.3. The lowest BCUT2D eigenvalue weighted by Crippen LogP contribution is -2.40. The van der Waals surface area contributed by atoms with E-state index < -0.39 is 0 Å². The molecule has 3 amide bonds. The van der Waals surface area contributed by atoms with Crippen LogP contribution in [0.15, 0.2) is 24.3 Å². The van der Waals surface area contributed by atoms with Crippen molar-refractivity contribution in [3.63, 3.8) is 0 Å². The van der Waals surface area contributed by atoms with Gasteiger partial charge in [0, 0.05) is 74.2 Å². The standard InChI is InChI=1S/C31H44N6O4/c1-22(2)12-16-37-27-11-8-24-21-26(27)29(34-37)30(39)32-13-4-15-36(14-3-5-28(38)33-24)31(40)23-6-9-25(10-7-23)35-17-19-41-20-18-35/h6-7,9-10,22,24H,3-5,8,11-21H2,1-2H3,(H,32,39)(H,33,38). The van der Waals surface area contributed by atoms with Gasteiger partial charge in [-0.2, -0.15) is 5.10 Å². The van der Waals surface area contributed by atoms with E-state index in [1.807, 2.05) is 33.8 Å². The molecule has 2 aromatic rings. The predicted molar refractivity (Wildman–Crippen MR) is 157 cm³/mol. The molecular formula is C31H44N6O4. The summed E-state index contributed by atoms with van der Waals surface area (Å²) < 4.78 is 7.46. The highest BCUT2D eigenvalue weighted by Gasteiger charge is 2.30. The Morgan fingerprint density at radius 1 is 1.05 bits per heavy atom. The highest BCUT2D eigenvalue weighted by atomic mass is 16.5. The minimum absolute atomic E-state index is 0.00575. The molecule has 5 rings (SSSR count). The van der Waals surface area contributed by atoms with Crippen LogP contribution in [0.3, 0.4) is 0 Å². The highest BCUT2D eigenvalue weighted by molar-refractivity contribution is 5.95. The molecule has 1 aromatic heterocycles. The third kappa shape index (κ3) is 7.28. The maximum absolute atomic E-state index is 13.5. The predicted octanol–water partition coefficient (Wildman–Crippen LogP) is 2.80. The molecule has 0 spiro atoms. The second-order valence-electron chi connectivity index (χ2n) is 11.8. The summed E-state index contributed by atoms with van der Waals surface area (Å²) in [6.07, 6.45) is 4.82. The second-order valence-corrected chi connectivity index (χ2v) is 11.8. The van der Waals surface area contributed by atoms with Crippen LogP contribution < -0.4 is 15.5 Å². The van der Waals surface area contributed by atoms with Crippen molar-refractivity contribution in [3.05, 3.63) is 46.8 Å². The topological polar surface area (TPSA) is 109 Å². The normalized spacial score (nSPS) is 20.7. The number of nitrogens with zero attached hydrogens (tertiary/aromatic N) is 4. The number of rotatable bonds is 5. The van der Waals surface area contributed by atoms with Crippen molar-refractivity contribution in [2.75, 3.05) is 50.8 Å². The molecule has 10 nitrogen and oxygen atoms in total. The average molecular weight is 565 g/mol. The summed E-state index contributed by atoms with van der Waals surface area (Å²) in [5, 5.41) is 11.0. The van der Waals surface area contributed by atoms with Crippen LogP contribution in [0.5, 0.6) is 0 Å². The summed E-state index contributed by atoms with van der Waals surface area (Å²) in [4.78, 5) is 43.7. The van der Waals surface area contributed by atoms with Crippen molar-refractivity contribution in [1.29, 1.82) is 0 Å². The van der Waals surface area contributed by atoms with Crippen LogP contribution in [0.2, 0.25) is 0 Å². The van der Waals surface area contributed by atoms with Gasteiger partial charge in [-0.1, -0.05) is 13.8 Å². The molecule has 3 aliphatic rings. The number of nitrogens with one attached hydrogen (secondary N) is 2. The molecular weight excluding hydrogens is 520 g/mol. The molecule has 1 atom stereocenters. The van der Waals surface area contributed by atoms with Gasteiger partial charge < -0.3 is 25.2 Å². The Balaban J connectivity index is 1.28. The maximum Gasteiger partial charge on any atom is 0.272 e. The maximum atomic E-state index is 13.5. The first-order valence-electron chi connectivity index (χ1n) is 15.3. The van der Waals surface area contributed by atoms with Crippen LogP contribution in [0.1, 0.15) is 78.1 Å². The SMILES string of the molecule is CC(C)CCn1nc2c3c1CCC(C3)NC(=O)CCCN(C(=O)c1ccc(N3CCOCC3)cc1)CCCNC2=O. The lowest BCUT2D eigenvalue weighted by atomic mass is 9.91. The number of aromatic nitrogens is 2. The van der Waals surface area contributed by atoms with E-state index in [0.717, 1.165) is 55.8 Å². The Kier molecular flexibility index (Phi) is 9.59. The zero-order chi connectivity index (χ0) is 28.8. The lowest BCUT2D eigenvalue weighted by molar-refractivity contribution is -0.122. The Labute approximate surface area is 242 Å². The van der Waals surface area contributed by atoms with E-state index in [4.69, 9.17) is 9.84 Å². The van der Waals surface area contributed by atoms with Gasteiger partial charge in [0.25, 0.3) is 11.8 Å². The van der Waals surface area contributed by atoms with Crippen LogP contribution >= 0.6 is 0 Å². The van der Waals surface area contributed by atoms with Crippen LogP contribution in [0, 0.1) is 5.92 Å². The van der Waals surface area contributed by atoms with E-state index in [2.05, 4.69) is 29.4 Å². The average Bonchev–Trinajstić information content (AvgIpc) is 3.34. The minimum Gasteiger partial charge on any atom is -0.378 e. The monoisotopic (exact) mass is 564 g/mol. The van der Waals surface area contributed by atoms with Gasteiger partial charge in [-0.3, -0.25) is 19.1 Å². The minimum atomic E-state index is -0.178. The first-order chi connectivity index (χ1) is 19.9. The smallest absolute Gasteiger partial charge is 0.272 e. The summed E-state index contributed by atoms with van der Waals surface area (Å²) in [6.45, 7) is 9.70. The first kappa shape index (κ1) is 29.1. The Morgan fingerprint density at radius 2 is 1.80 bits per heavy atom. The summed E-state index contributed by atoms with van der Waals surface area (Å²) in [6, 6.07) is 7.73. The quantitative estimate of drug-likeness (QED) is 0.578. The molecule has 2 bridgehead atoms. The zero-order valence-electron chi connectivity index (χ0n) is 24.5. The molecule has 41 heavy (non-hydrogen) atoms. The molecule has 1 fully saturated rings. The van der Waals surface area contributed by atoms with Gasteiger partial charge >= 0.3 is 0 Å². The molecule has 2 aliphatic heterocycles. The van der Waals surface area contributed by atoms with Crippen molar-refractivity contribution in [3.8, 4) is 0 Å². The van der Waals surface area contributed by atoms with Gasteiger partial charge in [0.05, 0.1) is 13.2 Å². The Morgan fingerprint density at radius 3 is 2.56 bits per heavy atom. The van der Waals surface area contributed by atoms with E-state index in [1.165, 1.54) is 0 Å². The number of amides is 3. The van der Waals surface area contributed by atoms with Crippen molar-refractivity contribution >= 4 is 23.4 Å². The third-order valence-electron chi connectivity index (χ3n) is 8.34. The molecule has 1 aliphatic carbocycles. The lowest BCUT2D eigenvalue weighted by Gasteiger charge is -2.29. The molecule has 10 heteroatoms. The van der Waals surface area contributed by atoms with Gasteiger partial charge in [0.15, 0.2) is 5.69 Å². The van der Waals surface area contributed by atoms with Crippen LogP contribution in [0.4, 0.5) is 5.69 Å². The summed E-state index contributed by atoms with van der Waals surface area (Å²) in [5.41, 5.74) is 4.29. The van der Waals surface area contributed by atoms with E-state index in [-0.39, 0.29) is 23.8 Å². The third-order valence-corrected chi connectivity index (χ3v) is 8.34. The largest absolute Gasteiger partial charge is 0.378 e. The number of hydrogen-bond acceptors (Lipinski definition) is 6. The van der Waals surface area contributed by atoms with Gasteiger partial charge in [-0.15, -0.1) is 0 Å². The van der Waals surface area contributed by atoms with Crippen molar-refractivity contribution in [2.45, 2.75) is 71.4 Å². The number of carbonyl (C=O) groups excluding carboxylic acids is 3. The van der Waals surface area contributed by atoms with E-state index in [9.17, 15) is 14.4 Å². The molecule has 1 unspecified atom stereocenters. The van der Waals surface area contributed by atoms with Gasteiger partial charge in [-0.25, -0.2) is 0 Å². The summed E-state index contributed by atoms with van der Waals surface area (Å²) >= 11 is 0. The van der Waals surface area contributed by atoms with Gasteiger partial charge in [0.2, 0.25) is 5.91 Å². The fourth-order valence-electron chi connectivity index (χ4n) is 5.98. The summed E-state index contributed by atoms with van der Waals surface area (Å²) in [5.74, 6) is 0.305. The fraction of sp³-hybridized carbons (Fsp3) is 0.613. The number of benzene rings is 1. The summed E-state index contributed by atoms with van der Waals surface area (Å²) in [7, 11) is 0. The van der Waals surface area contributed by atoms with E-state index in [0.29, 0.717) is 75.7 Å². The number of carbonyl (C=O) groups is 3. The van der Waals surface area contributed by atoms with E-state index >= 15 is 0 Å². The molecule has 222 valence electrons. The van der Waals surface area contributed by atoms with Crippen LogP contribution in [0.25, 0.3) is 0 Å².